The van der Waals surface area contributed by atoms with Gasteiger partial charge in [0.05, 0.1) is 18.6 Å². The maximum Gasteiger partial charge on any atom is 0.220 e. The lowest BCUT2D eigenvalue weighted by Crippen LogP contribution is -2.29. The van der Waals surface area contributed by atoms with E-state index in [9.17, 15) is 9.90 Å². The predicted octanol–water partition coefficient (Wildman–Crippen LogP) is 2.01. The van der Waals surface area contributed by atoms with E-state index in [2.05, 4.69) is 5.32 Å². The molecule has 0 aromatic carbocycles. The maximum atomic E-state index is 11.6. The number of carbonyl (C=O) groups excluding carboxylic acids is 1. The third kappa shape index (κ3) is 3.60. The molecule has 0 unspecified atom stereocenters. The zero-order valence-electron chi connectivity index (χ0n) is 9.89. The molecule has 0 spiro atoms. The minimum Gasteiger partial charge on any atom is -0.472 e. The predicted molar refractivity (Wildman–Crippen MR) is 63.3 cm³/mol. The van der Waals surface area contributed by atoms with Crippen LogP contribution in [0.25, 0.3) is 0 Å². The lowest BCUT2D eigenvalue weighted by molar-refractivity contribution is -0.122. The average Bonchev–Trinajstić information content (AvgIpc) is 2.97. The van der Waals surface area contributed by atoms with Gasteiger partial charge in [0.25, 0.3) is 0 Å². The fourth-order valence-electron chi connectivity index (χ4n) is 2.34. The van der Waals surface area contributed by atoms with Gasteiger partial charge in [0.15, 0.2) is 0 Å². The van der Waals surface area contributed by atoms with E-state index < -0.39 is 6.10 Å². The number of amides is 1. The standard InChI is InChI=1S/C13H19NO3/c15-12(11-5-6-17-9-11)8-14-13(16)7-10-3-1-2-4-10/h5-6,9-10,12,15H,1-4,7-8H2,(H,14,16)/t12-/m1/s1. The molecule has 94 valence electrons. The van der Waals surface area contributed by atoms with Gasteiger partial charge in [-0.05, 0) is 24.8 Å². The first-order chi connectivity index (χ1) is 8.25. The first-order valence-electron chi connectivity index (χ1n) is 6.22. The second-order valence-electron chi connectivity index (χ2n) is 4.73. The Morgan fingerprint density at radius 3 is 2.94 bits per heavy atom. The molecule has 1 amide bonds. The lowest BCUT2D eigenvalue weighted by atomic mass is 10.0. The number of carbonyl (C=O) groups is 1. The van der Waals surface area contributed by atoms with Crippen LogP contribution in [0.1, 0.15) is 43.8 Å². The van der Waals surface area contributed by atoms with Crippen LogP contribution < -0.4 is 5.32 Å². The maximum absolute atomic E-state index is 11.6. The van der Waals surface area contributed by atoms with Crippen LogP contribution in [0, 0.1) is 5.92 Å². The van der Waals surface area contributed by atoms with Crippen LogP contribution in [0.2, 0.25) is 0 Å². The highest BCUT2D eigenvalue weighted by molar-refractivity contribution is 5.76. The van der Waals surface area contributed by atoms with E-state index in [4.69, 9.17) is 4.42 Å². The van der Waals surface area contributed by atoms with Crippen LogP contribution in [0.15, 0.2) is 23.0 Å². The number of rotatable bonds is 5. The molecule has 1 saturated carbocycles. The summed E-state index contributed by atoms with van der Waals surface area (Å²) >= 11 is 0. The molecule has 0 aliphatic heterocycles. The summed E-state index contributed by atoms with van der Waals surface area (Å²) in [6.07, 6.45) is 7.74. The van der Waals surface area contributed by atoms with Crippen molar-refractivity contribution in [2.75, 3.05) is 6.54 Å². The van der Waals surface area contributed by atoms with Crippen LogP contribution in [0.5, 0.6) is 0 Å². The second kappa shape index (κ2) is 5.87. The summed E-state index contributed by atoms with van der Waals surface area (Å²) in [6, 6.07) is 1.70. The Labute approximate surface area is 101 Å². The van der Waals surface area contributed by atoms with Crippen molar-refractivity contribution in [3.63, 3.8) is 0 Å². The minimum atomic E-state index is -0.679. The van der Waals surface area contributed by atoms with Crippen LogP contribution in [-0.4, -0.2) is 17.6 Å². The highest BCUT2D eigenvalue weighted by Gasteiger charge is 2.19. The van der Waals surface area contributed by atoms with Gasteiger partial charge in [-0.25, -0.2) is 0 Å². The van der Waals surface area contributed by atoms with Gasteiger partial charge in [-0.3, -0.25) is 4.79 Å². The van der Waals surface area contributed by atoms with Crippen molar-refractivity contribution in [2.45, 2.75) is 38.2 Å². The summed E-state index contributed by atoms with van der Waals surface area (Å²) in [5.74, 6) is 0.584. The number of hydrogen-bond acceptors (Lipinski definition) is 3. The van der Waals surface area contributed by atoms with E-state index in [-0.39, 0.29) is 12.5 Å². The SMILES string of the molecule is O=C(CC1CCCC1)NC[C@@H](O)c1ccoc1. The smallest absolute Gasteiger partial charge is 0.220 e. The van der Waals surface area contributed by atoms with Gasteiger partial charge in [0.2, 0.25) is 5.91 Å². The molecule has 4 nitrogen and oxygen atoms in total. The van der Waals surface area contributed by atoms with Crippen LogP contribution >= 0.6 is 0 Å². The molecular weight excluding hydrogens is 218 g/mol. The van der Waals surface area contributed by atoms with Gasteiger partial charge < -0.3 is 14.8 Å². The summed E-state index contributed by atoms with van der Waals surface area (Å²) in [6.45, 7) is 0.255. The van der Waals surface area contributed by atoms with Gasteiger partial charge in [-0.1, -0.05) is 12.8 Å². The van der Waals surface area contributed by atoms with E-state index >= 15 is 0 Å². The summed E-state index contributed by atoms with van der Waals surface area (Å²) in [5, 5.41) is 12.5. The number of aliphatic hydroxyl groups excluding tert-OH is 1. The molecule has 1 aliphatic carbocycles. The fraction of sp³-hybridized carbons (Fsp3) is 0.615. The Morgan fingerprint density at radius 2 is 2.29 bits per heavy atom. The largest absolute Gasteiger partial charge is 0.472 e. The van der Waals surface area contributed by atoms with Crippen LogP contribution in [-0.2, 0) is 4.79 Å². The Balaban J connectivity index is 1.68. The molecule has 1 atom stereocenters. The van der Waals surface area contributed by atoms with Crippen molar-refractivity contribution in [1.29, 1.82) is 0 Å². The quantitative estimate of drug-likeness (QED) is 0.823. The second-order valence-corrected chi connectivity index (χ2v) is 4.73. The highest BCUT2D eigenvalue weighted by atomic mass is 16.3. The van der Waals surface area contributed by atoms with Gasteiger partial charge in [0, 0.05) is 18.5 Å². The zero-order valence-corrected chi connectivity index (χ0v) is 9.89. The van der Waals surface area contributed by atoms with Crippen molar-refractivity contribution < 1.29 is 14.3 Å². The van der Waals surface area contributed by atoms with Gasteiger partial charge in [-0.2, -0.15) is 0 Å². The normalized spacial score (nSPS) is 18.2. The Hall–Kier alpha value is -1.29. The molecule has 17 heavy (non-hydrogen) atoms. The number of furan rings is 1. The molecule has 0 radical (unpaired) electrons. The molecule has 1 aliphatic rings. The molecule has 2 rings (SSSR count). The first kappa shape index (κ1) is 12.2. The summed E-state index contributed by atoms with van der Waals surface area (Å²) in [4.78, 5) is 11.6. The molecule has 0 bridgehead atoms. The Bertz CT molecular complexity index is 342. The number of aliphatic hydroxyl groups is 1. The van der Waals surface area contributed by atoms with Crippen molar-refractivity contribution in [2.24, 2.45) is 5.92 Å². The van der Waals surface area contributed by atoms with Gasteiger partial charge >= 0.3 is 0 Å². The van der Waals surface area contributed by atoms with Gasteiger partial charge in [-0.15, -0.1) is 0 Å². The third-order valence-electron chi connectivity index (χ3n) is 3.37. The molecule has 0 saturated heterocycles. The molecule has 4 heteroatoms. The van der Waals surface area contributed by atoms with Crippen molar-refractivity contribution in [3.05, 3.63) is 24.2 Å². The van der Waals surface area contributed by atoms with E-state index in [1.807, 2.05) is 0 Å². The zero-order chi connectivity index (χ0) is 12.1. The van der Waals surface area contributed by atoms with Crippen LogP contribution in [0.4, 0.5) is 0 Å². The molecular formula is C13H19NO3. The van der Waals surface area contributed by atoms with E-state index in [1.54, 1.807) is 6.07 Å². The van der Waals surface area contributed by atoms with Gasteiger partial charge in [0.1, 0.15) is 0 Å². The van der Waals surface area contributed by atoms with E-state index in [0.29, 0.717) is 17.9 Å². The topological polar surface area (TPSA) is 62.5 Å². The summed E-state index contributed by atoms with van der Waals surface area (Å²) in [7, 11) is 0. The number of nitrogens with one attached hydrogen (secondary N) is 1. The third-order valence-corrected chi connectivity index (χ3v) is 3.37. The molecule has 1 aromatic heterocycles. The van der Waals surface area contributed by atoms with Crippen molar-refractivity contribution in [3.8, 4) is 0 Å². The first-order valence-corrected chi connectivity index (χ1v) is 6.22. The van der Waals surface area contributed by atoms with Crippen LogP contribution in [0.3, 0.4) is 0 Å². The highest BCUT2D eigenvalue weighted by Crippen LogP contribution is 2.27. The minimum absolute atomic E-state index is 0.0412. The van der Waals surface area contributed by atoms with Crippen molar-refractivity contribution >= 4 is 5.91 Å². The monoisotopic (exact) mass is 237 g/mol. The lowest BCUT2D eigenvalue weighted by Gasteiger charge is -2.12. The summed E-state index contributed by atoms with van der Waals surface area (Å²) in [5.41, 5.74) is 0.700. The number of hydrogen-bond donors (Lipinski definition) is 2. The average molecular weight is 237 g/mol. The molecule has 1 heterocycles. The Kier molecular flexibility index (Phi) is 4.20. The fourth-order valence-corrected chi connectivity index (χ4v) is 2.34. The summed E-state index contributed by atoms with van der Waals surface area (Å²) < 4.78 is 4.88. The Morgan fingerprint density at radius 1 is 1.53 bits per heavy atom. The van der Waals surface area contributed by atoms with Crippen molar-refractivity contribution in [1.82, 2.24) is 5.32 Å². The molecule has 2 N–H and O–H groups in total. The van der Waals surface area contributed by atoms with E-state index in [0.717, 1.165) is 12.8 Å². The molecule has 1 fully saturated rings. The molecule has 1 aromatic rings. The van der Waals surface area contributed by atoms with E-state index in [1.165, 1.54) is 25.4 Å².